The lowest BCUT2D eigenvalue weighted by molar-refractivity contribution is -0.137. The van der Waals surface area contributed by atoms with Crippen molar-refractivity contribution in [3.8, 4) is 0 Å². The number of halogens is 3. The summed E-state index contributed by atoms with van der Waals surface area (Å²) in [5.74, 6) is 0.665. The highest BCUT2D eigenvalue weighted by Gasteiger charge is 2.31. The molecule has 1 aliphatic carbocycles. The molecule has 2 rings (SSSR count). The summed E-state index contributed by atoms with van der Waals surface area (Å²) >= 11 is 0. The monoisotopic (exact) mass is 271 g/mol. The van der Waals surface area contributed by atoms with Crippen molar-refractivity contribution in [1.29, 1.82) is 0 Å². The number of rotatable bonds is 5. The molecule has 1 atom stereocenters. The van der Waals surface area contributed by atoms with E-state index in [1.807, 2.05) is 6.92 Å². The summed E-state index contributed by atoms with van der Waals surface area (Å²) in [6.07, 6.45) is 0.353. The lowest BCUT2D eigenvalue weighted by Crippen LogP contribution is -2.26. The van der Waals surface area contributed by atoms with E-state index in [4.69, 9.17) is 0 Å². The number of nitrogens with one attached hydrogen (secondary N) is 1. The van der Waals surface area contributed by atoms with Crippen molar-refractivity contribution < 1.29 is 13.2 Å². The first kappa shape index (κ1) is 14.4. The Labute approximate surface area is 112 Å². The molecule has 0 spiro atoms. The van der Waals surface area contributed by atoms with Crippen LogP contribution in [-0.4, -0.2) is 6.54 Å². The molecule has 1 aromatic rings. The molecule has 0 amide bonds. The van der Waals surface area contributed by atoms with Crippen LogP contribution in [0, 0.1) is 5.92 Å². The van der Waals surface area contributed by atoms with Crippen LogP contribution in [0.3, 0.4) is 0 Å². The van der Waals surface area contributed by atoms with Gasteiger partial charge in [0.05, 0.1) is 5.56 Å². The average Bonchev–Trinajstić information content (AvgIpc) is 2.31. The molecule has 0 radical (unpaired) electrons. The molecule has 1 saturated carbocycles. The highest BCUT2D eigenvalue weighted by atomic mass is 19.4. The molecule has 4 heteroatoms. The summed E-state index contributed by atoms with van der Waals surface area (Å²) in [5.41, 5.74) is 0.199. The molecule has 1 aliphatic rings. The Kier molecular flexibility index (Phi) is 4.50. The zero-order valence-corrected chi connectivity index (χ0v) is 11.1. The Morgan fingerprint density at radius 1 is 1.32 bits per heavy atom. The second-order valence-corrected chi connectivity index (χ2v) is 5.27. The topological polar surface area (TPSA) is 12.0 Å². The molecule has 1 fully saturated rings. The molecule has 1 nitrogen and oxygen atoms in total. The Balaban J connectivity index is 2.15. The lowest BCUT2D eigenvalue weighted by atomic mass is 9.79. The summed E-state index contributed by atoms with van der Waals surface area (Å²) in [6.45, 7) is 2.76. The molecule has 0 bridgehead atoms. The van der Waals surface area contributed by atoms with E-state index in [-0.39, 0.29) is 6.04 Å². The highest BCUT2D eigenvalue weighted by Crippen LogP contribution is 2.36. The quantitative estimate of drug-likeness (QED) is 0.828. The van der Waals surface area contributed by atoms with Gasteiger partial charge in [-0.3, -0.25) is 0 Å². The van der Waals surface area contributed by atoms with Crippen LogP contribution in [0.1, 0.15) is 49.8 Å². The minimum Gasteiger partial charge on any atom is -0.310 e. The van der Waals surface area contributed by atoms with Crippen LogP contribution in [0.4, 0.5) is 13.2 Å². The zero-order chi connectivity index (χ0) is 13.9. The number of hydrogen-bond acceptors (Lipinski definition) is 1. The van der Waals surface area contributed by atoms with Gasteiger partial charge in [0.2, 0.25) is 0 Å². The van der Waals surface area contributed by atoms with Crippen molar-refractivity contribution in [3.63, 3.8) is 0 Å². The number of hydrogen-bond donors (Lipinski definition) is 1. The first-order chi connectivity index (χ1) is 9.00. The van der Waals surface area contributed by atoms with E-state index in [0.717, 1.165) is 24.6 Å². The van der Waals surface area contributed by atoms with Crippen molar-refractivity contribution in [2.45, 2.75) is 44.8 Å². The molecular formula is C15H20F3N. The maximum atomic E-state index is 12.7. The molecule has 106 valence electrons. The fourth-order valence-corrected chi connectivity index (χ4v) is 2.58. The maximum Gasteiger partial charge on any atom is 0.416 e. The van der Waals surface area contributed by atoms with Gasteiger partial charge < -0.3 is 5.32 Å². The smallest absolute Gasteiger partial charge is 0.310 e. The maximum absolute atomic E-state index is 12.7. The summed E-state index contributed by atoms with van der Waals surface area (Å²) in [7, 11) is 0. The van der Waals surface area contributed by atoms with Crippen LogP contribution in [0.15, 0.2) is 24.3 Å². The van der Waals surface area contributed by atoms with Gasteiger partial charge in [0, 0.05) is 6.04 Å². The first-order valence-corrected chi connectivity index (χ1v) is 6.91. The molecule has 0 saturated heterocycles. The van der Waals surface area contributed by atoms with Crippen molar-refractivity contribution in [1.82, 2.24) is 5.32 Å². The van der Waals surface area contributed by atoms with Gasteiger partial charge in [-0.25, -0.2) is 0 Å². The second-order valence-electron chi connectivity index (χ2n) is 5.27. The Hall–Kier alpha value is -1.03. The molecule has 0 aromatic heterocycles. The van der Waals surface area contributed by atoms with Gasteiger partial charge in [-0.15, -0.1) is 0 Å². The predicted octanol–water partition coefficient (Wildman–Crippen LogP) is 4.55. The van der Waals surface area contributed by atoms with E-state index in [1.165, 1.54) is 31.4 Å². The van der Waals surface area contributed by atoms with Crippen LogP contribution in [0.5, 0.6) is 0 Å². The third-order valence-electron chi connectivity index (χ3n) is 3.86. The standard InChI is InChI=1S/C15H20F3N/c1-2-19-14(9-11-5-3-6-11)12-7-4-8-13(10-12)15(16,17)18/h4,7-8,10-11,14,19H,2-3,5-6,9H2,1H3. The third-order valence-corrected chi connectivity index (χ3v) is 3.86. The average molecular weight is 271 g/mol. The van der Waals surface area contributed by atoms with Crippen molar-refractivity contribution >= 4 is 0 Å². The van der Waals surface area contributed by atoms with Crippen LogP contribution in [0.25, 0.3) is 0 Å². The molecular weight excluding hydrogens is 251 g/mol. The van der Waals surface area contributed by atoms with E-state index in [2.05, 4.69) is 5.32 Å². The van der Waals surface area contributed by atoms with Gasteiger partial charge in [0.1, 0.15) is 0 Å². The van der Waals surface area contributed by atoms with Crippen LogP contribution >= 0.6 is 0 Å². The molecule has 1 N–H and O–H groups in total. The Bertz CT molecular complexity index is 410. The molecule has 0 aliphatic heterocycles. The normalized spacial score (nSPS) is 18.1. The molecule has 0 heterocycles. The van der Waals surface area contributed by atoms with Gasteiger partial charge in [0.15, 0.2) is 0 Å². The third kappa shape index (κ3) is 3.72. The van der Waals surface area contributed by atoms with Gasteiger partial charge in [-0.2, -0.15) is 13.2 Å². The van der Waals surface area contributed by atoms with Gasteiger partial charge in [-0.1, -0.05) is 38.3 Å². The zero-order valence-electron chi connectivity index (χ0n) is 11.1. The summed E-state index contributed by atoms with van der Waals surface area (Å²) < 4.78 is 38.2. The van der Waals surface area contributed by atoms with E-state index >= 15 is 0 Å². The first-order valence-electron chi connectivity index (χ1n) is 6.91. The van der Waals surface area contributed by atoms with E-state index in [0.29, 0.717) is 5.92 Å². The van der Waals surface area contributed by atoms with E-state index in [9.17, 15) is 13.2 Å². The largest absolute Gasteiger partial charge is 0.416 e. The van der Waals surface area contributed by atoms with E-state index in [1.54, 1.807) is 6.07 Å². The Morgan fingerprint density at radius 2 is 2.05 bits per heavy atom. The number of benzene rings is 1. The van der Waals surface area contributed by atoms with Crippen LogP contribution in [0.2, 0.25) is 0 Å². The van der Waals surface area contributed by atoms with Gasteiger partial charge >= 0.3 is 6.18 Å². The van der Waals surface area contributed by atoms with Crippen molar-refractivity contribution in [2.24, 2.45) is 5.92 Å². The SMILES string of the molecule is CCNC(CC1CCC1)c1cccc(C(F)(F)F)c1. The minimum absolute atomic E-state index is 0.0394. The van der Waals surface area contributed by atoms with Gasteiger partial charge in [-0.05, 0) is 36.6 Å². The lowest BCUT2D eigenvalue weighted by Gasteiger charge is -2.30. The van der Waals surface area contributed by atoms with E-state index < -0.39 is 11.7 Å². The minimum atomic E-state index is -4.26. The fourth-order valence-electron chi connectivity index (χ4n) is 2.58. The van der Waals surface area contributed by atoms with Gasteiger partial charge in [0.25, 0.3) is 0 Å². The fraction of sp³-hybridized carbons (Fsp3) is 0.600. The van der Waals surface area contributed by atoms with Crippen LogP contribution in [-0.2, 0) is 6.18 Å². The Morgan fingerprint density at radius 3 is 2.58 bits per heavy atom. The van der Waals surface area contributed by atoms with Crippen molar-refractivity contribution in [3.05, 3.63) is 35.4 Å². The summed E-state index contributed by atoms with van der Waals surface area (Å²) in [6, 6.07) is 5.75. The summed E-state index contributed by atoms with van der Waals surface area (Å²) in [4.78, 5) is 0. The highest BCUT2D eigenvalue weighted by molar-refractivity contribution is 5.28. The second kappa shape index (κ2) is 5.95. The molecule has 19 heavy (non-hydrogen) atoms. The predicted molar refractivity (Wildman–Crippen MR) is 69.8 cm³/mol. The molecule has 1 aromatic carbocycles. The summed E-state index contributed by atoms with van der Waals surface area (Å²) in [5, 5.41) is 3.31. The van der Waals surface area contributed by atoms with Crippen molar-refractivity contribution in [2.75, 3.05) is 6.54 Å². The number of alkyl halides is 3. The van der Waals surface area contributed by atoms with Crippen LogP contribution < -0.4 is 5.32 Å². The molecule has 1 unspecified atom stereocenters.